The fourth-order valence-corrected chi connectivity index (χ4v) is 3.45. The molecule has 2 aromatic heterocycles. The van der Waals surface area contributed by atoms with E-state index in [-0.39, 0.29) is 0 Å². The van der Waals surface area contributed by atoms with Crippen molar-refractivity contribution >= 4 is 21.4 Å². The highest BCUT2D eigenvalue weighted by Gasteiger charge is 2.17. The molecule has 0 radical (unpaired) electrons. The molecular weight excluding hydrogens is 298 g/mol. The van der Waals surface area contributed by atoms with Gasteiger partial charge in [-0.25, -0.2) is 0 Å². The molecule has 0 aliphatic carbocycles. The lowest BCUT2D eigenvalue weighted by Crippen LogP contribution is -2.24. The topological polar surface area (TPSA) is 60.2 Å². The fraction of sp³-hybridized carbons (Fsp3) is 0.375. The van der Waals surface area contributed by atoms with Crippen molar-refractivity contribution in [2.45, 2.75) is 26.3 Å². The van der Waals surface area contributed by atoms with Crippen molar-refractivity contribution in [2.75, 3.05) is 14.2 Å². The van der Waals surface area contributed by atoms with Crippen LogP contribution in [0.5, 0.6) is 5.75 Å². The molecule has 3 rings (SSSR count). The van der Waals surface area contributed by atoms with Gasteiger partial charge in [0, 0.05) is 17.2 Å². The van der Waals surface area contributed by atoms with E-state index in [1.54, 1.807) is 18.4 Å². The Balaban J connectivity index is 1.98. The van der Waals surface area contributed by atoms with Crippen LogP contribution in [0.25, 0.3) is 20.9 Å². The van der Waals surface area contributed by atoms with Gasteiger partial charge in [-0.05, 0) is 50.0 Å². The summed E-state index contributed by atoms with van der Waals surface area (Å²) in [4.78, 5) is 5.56. The third-order valence-electron chi connectivity index (χ3n) is 3.79. The minimum Gasteiger partial charge on any atom is -0.497 e. The van der Waals surface area contributed by atoms with Gasteiger partial charge in [0.05, 0.1) is 12.0 Å². The van der Waals surface area contributed by atoms with Crippen molar-refractivity contribution in [1.82, 2.24) is 15.5 Å². The smallest absolute Gasteiger partial charge is 0.268 e. The highest BCUT2D eigenvalue weighted by Crippen LogP contribution is 2.38. The van der Waals surface area contributed by atoms with E-state index in [9.17, 15) is 0 Å². The zero-order chi connectivity index (χ0) is 15.7. The van der Waals surface area contributed by atoms with Crippen molar-refractivity contribution < 1.29 is 9.26 Å². The lowest BCUT2D eigenvalue weighted by molar-refractivity contribution is 0.415. The second-order valence-electron chi connectivity index (χ2n) is 5.33. The predicted molar refractivity (Wildman–Crippen MR) is 88.6 cm³/mol. The number of rotatable bonds is 5. The summed E-state index contributed by atoms with van der Waals surface area (Å²) in [7, 11) is 3.60. The molecule has 0 bridgehead atoms. The number of benzene rings is 1. The monoisotopic (exact) mass is 317 g/mol. The summed E-state index contributed by atoms with van der Waals surface area (Å²) in [5, 5.41) is 8.43. The number of nitrogens with one attached hydrogen (secondary N) is 1. The van der Waals surface area contributed by atoms with Gasteiger partial charge in [-0.2, -0.15) is 4.98 Å². The average molecular weight is 317 g/mol. The molecule has 1 aromatic carbocycles. The molecular formula is C16H19N3O2S. The number of hydrogen-bond donors (Lipinski definition) is 1. The van der Waals surface area contributed by atoms with Crippen LogP contribution < -0.4 is 10.1 Å². The number of aryl methyl sites for hydroxylation is 1. The van der Waals surface area contributed by atoms with Crippen molar-refractivity contribution in [3.8, 4) is 16.5 Å². The van der Waals surface area contributed by atoms with Crippen molar-refractivity contribution in [3.05, 3.63) is 29.6 Å². The summed E-state index contributed by atoms with van der Waals surface area (Å²) >= 11 is 1.67. The quantitative estimate of drug-likeness (QED) is 0.781. The van der Waals surface area contributed by atoms with Gasteiger partial charge in [0.2, 0.25) is 0 Å². The van der Waals surface area contributed by atoms with E-state index in [2.05, 4.69) is 35.4 Å². The third-order valence-corrected chi connectivity index (χ3v) is 5.05. The summed E-state index contributed by atoms with van der Waals surface area (Å²) in [5.41, 5.74) is 1.15. The molecule has 1 atom stereocenters. The maximum atomic E-state index is 5.45. The second-order valence-corrected chi connectivity index (χ2v) is 6.38. The minimum absolute atomic E-state index is 0.318. The van der Waals surface area contributed by atoms with E-state index in [1.807, 2.05) is 19.2 Å². The second kappa shape index (κ2) is 6.06. The molecule has 1 unspecified atom stereocenters. The van der Waals surface area contributed by atoms with Gasteiger partial charge in [-0.15, -0.1) is 11.3 Å². The molecule has 1 N–H and O–H groups in total. The van der Waals surface area contributed by atoms with Crippen LogP contribution in [-0.4, -0.2) is 30.3 Å². The summed E-state index contributed by atoms with van der Waals surface area (Å²) in [6.07, 6.45) is 0.748. The molecule has 0 spiro atoms. The number of hydrogen-bond acceptors (Lipinski definition) is 6. The van der Waals surface area contributed by atoms with Crippen LogP contribution in [0.1, 0.15) is 18.3 Å². The molecule has 6 heteroatoms. The Morgan fingerprint density at radius 3 is 2.95 bits per heavy atom. The van der Waals surface area contributed by atoms with E-state index < -0.39 is 0 Å². The standard InChI is InChI=1S/C16H19N3O2S/c1-9(17-3)7-14-18-16(21-19-14)15-10(2)12-8-11(20-4)5-6-13(12)22-15/h5-6,8-9,17H,7H2,1-4H3. The molecule has 0 aliphatic rings. The van der Waals surface area contributed by atoms with Gasteiger partial charge in [-0.1, -0.05) is 5.16 Å². The maximum absolute atomic E-state index is 5.45. The molecule has 116 valence electrons. The van der Waals surface area contributed by atoms with Gasteiger partial charge in [0.15, 0.2) is 5.82 Å². The Labute approximate surface area is 133 Å². The Morgan fingerprint density at radius 1 is 1.41 bits per heavy atom. The molecule has 0 saturated carbocycles. The van der Waals surface area contributed by atoms with Gasteiger partial charge < -0.3 is 14.6 Å². The first kappa shape index (κ1) is 15.0. The largest absolute Gasteiger partial charge is 0.497 e. The summed E-state index contributed by atoms with van der Waals surface area (Å²) in [6.45, 7) is 4.17. The van der Waals surface area contributed by atoms with Gasteiger partial charge >= 0.3 is 0 Å². The first-order valence-electron chi connectivity index (χ1n) is 7.19. The number of ether oxygens (including phenoxy) is 1. The van der Waals surface area contributed by atoms with Crippen LogP contribution in [0, 0.1) is 6.92 Å². The third kappa shape index (κ3) is 2.71. The first-order chi connectivity index (χ1) is 10.6. The minimum atomic E-state index is 0.318. The van der Waals surface area contributed by atoms with Gasteiger partial charge in [-0.3, -0.25) is 0 Å². The van der Waals surface area contributed by atoms with E-state index in [1.165, 1.54) is 10.1 Å². The van der Waals surface area contributed by atoms with Crippen LogP contribution in [0.2, 0.25) is 0 Å². The molecule has 0 aliphatic heterocycles. The fourth-order valence-electron chi connectivity index (χ4n) is 2.34. The Kier molecular flexibility index (Phi) is 4.13. The van der Waals surface area contributed by atoms with Crippen LogP contribution in [-0.2, 0) is 6.42 Å². The van der Waals surface area contributed by atoms with Crippen molar-refractivity contribution in [1.29, 1.82) is 0 Å². The highest BCUT2D eigenvalue weighted by atomic mass is 32.1. The normalized spacial score (nSPS) is 12.7. The number of thiophene rings is 1. The zero-order valence-electron chi connectivity index (χ0n) is 13.1. The molecule has 0 saturated heterocycles. The summed E-state index contributed by atoms with van der Waals surface area (Å²) in [5.74, 6) is 2.18. The molecule has 0 fully saturated rings. The lowest BCUT2D eigenvalue weighted by Gasteiger charge is -2.04. The molecule has 2 heterocycles. The van der Waals surface area contributed by atoms with E-state index in [0.717, 1.165) is 28.4 Å². The average Bonchev–Trinajstić information content (AvgIpc) is 3.11. The zero-order valence-corrected chi connectivity index (χ0v) is 14.0. The van der Waals surface area contributed by atoms with Crippen LogP contribution >= 0.6 is 11.3 Å². The van der Waals surface area contributed by atoms with E-state index >= 15 is 0 Å². The first-order valence-corrected chi connectivity index (χ1v) is 8.01. The predicted octanol–water partition coefficient (Wildman–Crippen LogP) is 3.42. The van der Waals surface area contributed by atoms with Gasteiger partial charge in [0.25, 0.3) is 5.89 Å². The number of likely N-dealkylation sites (N-methyl/N-ethyl adjacent to an activating group) is 1. The van der Waals surface area contributed by atoms with Crippen LogP contribution in [0.15, 0.2) is 22.7 Å². The lowest BCUT2D eigenvalue weighted by atomic mass is 10.1. The Hall–Kier alpha value is -1.92. The van der Waals surface area contributed by atoms with Crippen LogP contribution in [0.4, 0.5) is 0 Å². The van der Waals surface area contributed by atoms with Crippen molar-refractivity contribution in [2.24, 2.45) is 0 Å². The van der Waals surface area contributed by atoms with Gasteiger partial charge in [0.1, 0.15) is 5.75 Å². The molecule has 22 heavy (non-hydrogen) atoms. The number of methoxy groups -OCH3 is 1. The number of nitrogens with zero attached hydrogens (tertiary/aromatic N) is 2. The molecule has 0 amide bonds. The summed E-state index contributed by atoms with van der Waals surface area (Å²) in [6, 6.07) is 6.40. The highest BCUT2D eigenvalue weighted by molar-refractivity contribution is 7.22. The SMILES string of the molecule is CNC(C)Cc1noc(-c2sc3ccc(OC)cc3c2C)n1. The molecule has 5 nitrogen and oxygen atoms in total. The Bertz CT molecular complexity index is 794. The maximum Gasteiger partial charge on any atom is 0.268 e. The Morgan fingerprint density at radius 2 is 2.23 bits per heavy atom. The number of aromatic nitrogens is 2. The molecule has 3 aromatic rings. The van der Waals surface area contributed by atoms with E-state index in [4.69, 9.17) is 9.26 Å². The summed E-state index contributed by atoms with van der Waals surface area (Å²) < 4.78 is 11.9. The van der Waals surface area contributed by atoms with E-state index in [0.29, 0.717) is 11.9 Å². The van der Waals surface area contributed by atoms with Crippen molar-refractivity contribution in [3.63, 3.8) is 0 Å². The number of fused-ring (bicyclic) bond motifs is 1. The van der Waals surface area contributed by atoms with Crippen LogP contribution in [0.3, 0.4) is 0 Å².